The van der Waals surface area contributed by atoms with Crippen LogP contribution in [0.2, 0.25) is 0 Å². The van der Waals surface area contributed by atoms with Gasteiger partial charge < -0.3 is 0 Å². The largest absolute Gasteiger partial charge is 0.417 e. The number of alkyl halides is 3. The van der Waals surface area contributed by atoms with Crippen LogP contribution in [0, 0.1) is 5.92 Å². The van der Waals surface area contributed by atoms with Crippen LogP contribution in [-0.2, 0) is 17.5 Å². The quantitative estimate of drug-likeness (QED) is 0.925. The Hall–Kier alpha value is -1.63. The molecule has 2 bridgehead atoms. The summed E-state index contributed by atoms with van der Waals surface area (Å²) in [6.45, 7) is 0.257. The Morgan fingerprint density at radius 2 is 2.15 bits per heavy atom. The third-order valence-electron chi connectivity index (χ3n) is 3.94. The maximum absolute atomic E-state index is 12.4. The minimum Gasteiger partial charge on any atom is -0.274 e. The molecule has 1 saturated carbocycles. The first-order chi connectivity index (χ1) is 9.45. The van der Waals surface area contributed by atoms with Gasteiger partial charge in [-0.2, -0.15) is 13.2 Å². The number of nitrogens with one attached hydrogen (secondary N) is 1. The van der Waals surface area contributed by atoms with Crippen molar-refractivity contribution in [1.29, 1.82) is 0 Å². The zero-order chi connectivity index (χ0) is 14.3. The number of carbonyl (C=O) groups is 1. The number of fused-ring (bicyclic) bond motifs is 2. The molecule has 1 aliphatic carbocycles. The van der Waals surface area contributed by atoms with Crippen LogP contribution in [0.1, 0.15) is 30.5 Å². The highest BCUT2D eigenvalue weighted by molar-refractivity contribution is 5.82. The number of hydrogen-bond acceptors (Lipinski definition) is 3. The summed E-state index contributed by atoms with van der Waals surface area (Å²) in [5, 5.41) is 1.62. The molecule has 0 aromatic carbocycles. The average molecular weight is 285 g/mol. The van der Waals surface area contributed by atoms with Crippen molar-refractivity contribution in [2.75, 3.05) is 0 Å². The molecule has 0 spiro atoms. The second kappa shape index (κ2) is 4.73. The van der Waals surface area contributed by atoms with Crippen LogP contribution in [-0.4, -0.2) is 21.9 Å². The molecule has 2 heterocycles. The van der Waals surface area contributed by atoms with Gasteiger partial charge in [0.25, 0.3) is 0 Å². The summed E-state index contributed by atoms with van der Waals surface area (Å²) >= 11 is 0. The summed E-state index contributed by atoms with van der Waals surface area (Å²) in [4.78, 5) is 15.6. The molecule has 3 rings (SSSR count). The molecule has 1 aromatic heterocycles. The predicted molar refractivity (Wildman–Crippen MR) is 64.1 cm³/mol. The average Bonchev–Trinajstić information content (AvgIpc) is 2.97. The van der Waals surface area contributed by atoms with Crippen LogP contribution < -0.4 is 5.43 Å². The molecule has 7 heteroatoms. The van der Waals surface area contributed by atoms with Gasteiger partial charge in [-0.3, -0.25) is 14.8 Å². The Bertz CT molecular complexity index is 515. The van der Waals surface area contributed by atoms with E-state index in [1.54, 1.807) is 5.01 Å². The van der Waals surface area contributed by atoms with Gasteiger partial charge in [0.1, 0.15) is 0 Å². The fourth-order valence-corrected chi connectivity index (χ4v) is 2.86. The molecule has 2 fully saturated rings. The number of nitrogens with zero attached hydrogens (tertiary/aromatic N) is 2. The van der Waals surface area contributed by atoms with Gasteiger partial charge in [-0.25, -0.2) is 5.43 Å². The number of piperidine rings is 1. The van der Waals surface area contributed by atoms with E-state index < -0.39 is 11.7 Å². The fourth-order valence-electron chi connectivity index (χ4n) is 2.86. The molecule has 2 atom stereocenters. The first kappa shape index (κ1) is 13.4. The fraction of sp³-hybridized carbons (Fsp3) is 0.538. The summed E-state index contributed by atoms with van der Waals surface area (Å²) in [6.07, 6.45) is -0.742. The third-order valence-corrected chi connectivity index (χ3v) is 3.94. The molecule has 1 aliphatic heterocycles. The van der Waals surface area contributed by atoms with Crippen molar-refractivity contribution < 1.29 is 18.0 Å². The maximum Gasteiger partial charge on any atom is 0.417 e. The minimum atomic E-state index is -4.37. The van der Waals surface area contributed by atoms with E-state index in [-0.39, 0.29) is 24.4 Å². The van der Waals surface area contributed by atoms with Crippen LogP contribution in [0.4, 0.5) is 13.2 Å². The SMILES string of the molecule is O=C1[C@H]2CC[C@H](C2)N1NCc1ccc(C(F)(F)F)cn1. The number of halogens is 3. The minimum absolute atomic E-state index is 0.0909. The molecule has 1 amide bonds. The van der Waals surface area contributed by atoms with Gasteiger partial charge in [0, 0.05) is 18.2 Å². The Kier molecular flexibility index (Phi) is 3.16. The van der Waals surface area contributed by atoms with Crippen LogP contribution in [0.15, 0.2) is 18.3 Å². The monoisotopic (exact) mass is 285 g/mol. The lowest BCUT2D eigenvalue weighted by atomic mass is 10.1. The zero-order valence-electron chi connectivity index (χ0n) is 10.7. The smallest absolute Gasteiger partial charge is 0.274 e. The third kappa shape index (κ3) is 2.37. The molecule has 0 unspecified atom stereocenters. The van der Waals surface area contributed by atoms with Gasteiger partial charge >= 0.3 is 6.18 Å². The number of amides is 1. The molecular weight excluding hydrogens is 271 g/mol. The Morgan fingerprint density at radius 3 is 2.70 bits per heavy atom. The van der Waals surface area contributed by atoms with Crippen molar-refractivity contribution in [3.05, 3.63) is 29.6 Å². The van der Waals surface area contributed by atoms with Crippen molar-refractivity contribution in [3.8, 4) is 0 Å². The molecule has 2 aliphatic rings. The molecule has 1 aromatic rings. The number of hydrogen-bond donors (Lipinski definition) is 1. The van der Waals surface area contributed by atoms with Crippen molar-refractivity contribution in [1.82, 2.24) is 15.4 Å². The molecule has 20 heavy (non-hydrogen) atoms. The van der Waals surface area contributed by atoms with Gasteiger partial charge in [-0.05, 0) is 31.4 Å². The van der Waals surface area contributed by atoms with E-state index in [1.165, 1.54) is 6.07 Å². The first-order valence-electron chi connectivity index (χ1n) is 6.54. The van der Waals surface area contributed by atoms with Gasteiger partial charge in [0.05, 0.1) is 17.8 Å². The van der Waals surface area contributed by atoms with Crippen LogP contribution in [0.5, 0.6) is 0 Å². The summed E-state index contributed by atoms with van der Waals surface area (Å²) in [6, 6.07) is 2.55. The molecule has 108 valence electrons. The normalized spacial score (nSPS) is 25.6. The second-order valence-electron chi connectivity index (χ2n) is 5.24. The van der Waals surface area contributed by atoms with Crippen molar-refractivity contribution in [2.45, 2.75) is 38.0 Å². The molecule has 0 radical (unpaired) electrons. The van der Waals surface area contributed by atoms with E-state index in [2.05, 4.69) is 10.4 Å². The van der Waals surface area contributed by atoms with Crippen LogP contribution in [0.25, 0.3) is 0 Å². The Labute approximate surface area is 113 Å². The molecule has 4 nitrogen and oxygen atoms in total. The van der Waals surface area contributed by atoms with E-state index >= 15 is 0 Å². The highest BCUT2D eigenvalue weighted by Crippen LogP contribution is 2.37. The van der Waals surface area contributed by atoms with Crippen molar-refractivity contribution in [3.63, 3.8) is 0 Å². The Morgan fingerprint density at radius 1 is 1.35 bits per heavy atom. The zero-order valence-corrected chi connectivity index (χ0v) is 10.7. The number of hydrazine groups is 1. The van der Waals surface area contributed by atoms with Gasteiger partial charge in [0.2, 0.25) is 5.91 Å². The van der Waals surface area contributed by atoms with Crippen LogP contribution in [0.3, 0.4) is 0 Å². The number of pyridine rings is 1. The Balaban J connectivity index is 1.60. The maximum atomic E-state index is 12.4. The predicted octanol–water partition coefficient (Wildman–Crippen LogP) is 2.12. The standard InChI is InChI=1S/C13H14F3N3O/c14-13(15,16)9-2-3-10(17-6-9)7-18-19-11-4-1-8(5-11)12(19)20/h2-3,6,8,11,18H,1,4-5,7H2/t8-,11+/m0/s1. The summed E-state index contributed by atoms with van der Waals surface area (Å²) in [5.41, 5.74) is 2.69. The van der Waals surface area contributed by atoms with E-state index in [4.69, 9.17) is 0 Å². The lowest BCUT2D eigenvalue weighted by molar-refractivity contribution is -0.138. The van der Waals surface area contributed by atoms with Gasteiger partial charge in [-0.1, -0.05) is 0 Å². The van der Waals surface area contributed by atoms with Crippen molar-refractivity contribution >= 4 is 5.91 Å². The number of rotatable bonds is 3. The second-order valence-corrected chi connectivity index (χ2v) is 5.24. The highest BCUT2D eigenvalue weighted by Gasteiger charge is 2.44. The summed E-state index contributed by atoms with van der Waals surface area (Å²) in [5.74, 6) is 0.209. The summed E-state index contributed by atoms with van der Waals surface area (Å²) in [7, 11) is 0. The van der Waals surface area contributed by atoms with E-state index in [0.29, 0.717) is 5.69 Å². The topological polar surface area (TPSA) is 45.2 Å². The van der Waals surface area contributed by atoms with Crippen LogP contribution >= 0.6 is 0 Å². The first-order valence-corrected chi connectivity index (χ1v) is 6.54. The van der Waals surface area contributed by atoms with Crippen molar-refractivity contribution in [2.24, 2.45) is 5.92 Å². The van der Waals surface area contributed by atoms with E-state index in [1.807, 2.05) is 0 Å². The van der Waals surface area contributed by atoms with Gasteiger partial charge in [-0.15, -0.1) is 0 Å². The molecule has 1 N–H and O–H groups in total. The lowest BCUT2D eigenvalue weighted by Crippen LogP contribution is -2.46. The van der Waals surface area contributed by atoms with E-state index in [9.17, 15) is 18.0 Å². The summed E-state index contributed by atoms with van der Waals surface area (Å²) < 4.78 is 37.2. The van der Waals surface area contributed by atoms with E-state index in [0.717, 1.165) is 31.5 Å². The molecule has 1 saturated heterocycles. The molecular formula is C13H14F3N3O. The number of carbonyl (C=O) groups excluding carboxylic acids is 1. The highest BCUT2D eigenvalue weighted by atomic mass is 19.4. The lowest BCUT2D eigenvalue weighted by Gasteiger charge is -2.27. The van der Waals surface area contributed by atoms with Gasteiger partial charge in [0.15, 0.2) is 0 Å². The number of aromatic nitrogens is 1.